The Bertz CT molecular complexity index is 655. The van der Waals surface area contributed by atoms with Crippen LogP contribution in [0.15, 0.2) is 36.4 Å². The van der Waals surface area contributed by atoms with Crippen LogP contribution < -0.4 is 4.74 Å². The molecule has 0 fully saturated rings. The lowest BCUT2D eigenvalue weighted by molar-refractivity contribution is 0.156. The first-order valence-electron chi connectivity index (χ1n) is 7.02. The van der Waals surface area contributed by atoms with Gasteiger partial charge in [0.15, 0.2) is 0 Å². The Hall–Kier alpha value is -1.22. The molecule has 2 aromatic rings. The molecule has 21 heavy (non-hydrogen) atoms. The van der Waals surface area contributed by atoms with Crippen molar-refractivity contribution in [2.24, 2.45) is 0 Å². The van der Waals surface area contributed by atoms with Crippen molar-refractivity contribution >= 4 is 23.2 Å². The number of aliphatic hydroxyl groups excluding tert-OH is 1. The molecule has 0 radical (unpaired) electrons. The summed E-state index contributed by atoms with van der Waals surface area (Å²) in [4.78, 5) is 0. The van der Waals surface area contributed by atoms with E-state index in [1.807, 2.05) is 30.3 Å². The highest BCUT2D eigenvalue weighted by Crippen LogP contribution is 2.32. The molecule has 3 rings (SSSR count). The third-order valence-electron chi connectivity index (χ3n) is 3.82. The summed E-state index contributed by atoms with van der Waals surface area (Å²) in [6.07, 6.45) is 2.50. The number of benzene rings is 2. The molecule has 2 nitrogen and oxygen atoms in total. The van der Waals surface area contributed by atoms with Gasteiger partial charge in [0.1, 0.15) is 12.4 Å². The quantitative estimate of drug-likeness (QED) is 0.867. The van der Waals surface area contributed by atoms with E-state index in [0.29, 0.717) is 16.7 Å². The molecule has 0 saturated carbocycles. The van der Waals surface area contributed by atoms with Gasteiger partial charge in [0.2, 0.25) is 0 Å². The maximum Gasteiger partial charge on any atom is 0.120 e. The summed E-state index contributed by atoms with van der Waals surface area (Å²) >= 11 is 12.1. The second kappa shape index (κ2) is 6.27. The van der Waals surface area contributed by atoms with Crippen LogP contribution in [0.2, 0.25) is 10.0 Å². The Kier molecular flexibility index (Phi) is 4.39. The maximum absolute atomic E-state index is 9.95. The van der Waals surface area contributed by atoms with Crippen LogP contribution in [-0.4, -0.2) is 5.11 Å². The Morgan fingerprint density at radius 2 is 2.05 bits per heavy atom. The zero-order valence-corrected chi connectivity index (χ0v) is 13.0. The van der Waals surface area contributed by atoms with Gasteiger partial charge in [-0.3, -0.25) is 0 Å². The normalized spacial score (nSPS) is 17.4. The van der Waals surface area contributed by atoms with Crippen LogP contribution in [0.25, 0.3) is 0 Å². The lowest BCUT2D eigenvalue weighted by Crippen LogP contribution is -2.09. The zero-order chi connectivity index (χ0) is 14.8. The standard InChI is InChI=1S/C17H16Cl2O2/c18-15-5-1-4-12(17(15)19)10-21-13-7-8-14-11(9-13)3-2-6-16(14)20/h1,4-5,7-9,16,20H,2-3,6,10H2. The molecule has 0 spiro atoms. The van der Waals surface area contributed by atoms with Crippen LogP contribution in [0.5, 0.6) is 5.75 Å². The van der Waals surface area contributed by atoms with Gasteiger partial charge in [0.05, 0.1) is 16.1 Å². The third-order valence-corrected chi connectivity index (χ3v) is 4.68. The van der Waals surface area contributed by atoms with E-state index < -0.39 is 0 Å². The SMILES string of the molecule is OC1CCCc2cc(OCc3cccc(Cl)c3Cl)ccc21. The fraction of sp³-hybridized carbons (Fsp3) is 0.294. The van der Waals surface area contributed by atoms with Crippen molar-refractivity contribution in [2.45, 2.75) is 32.0 Å². The predicted molar refractivity (Wildman–Crippen MR) is 85.1 cm³/mol. The minimum atomic E-state index is -0.342. The zero-order valence-electron chi connectivity index (χ0n) is 11.5. The lowest BCUT2D eigenvalue weighted by atomic mass is 9.89. The van der Waals surface area contributed by atoms with Crippen LogP contribution in [-0.2, 0) is 13.0 Å². The van der Waals surface area contributed by atoms with Crippen LogP contribution in [0.1, 0.15) is 35.6 Å². The molecule has 0 aromatic heterocycles. The van der Waals surface area contributed by atoms with E-state index in [4.69, 9.17) is 27.9 Å². The van der Waals surface area contributed by atoms with E-state index in [1.165, 1.54) is 5.56 Å². The van der Waals surface area contributed by atoms with E-state index in [1.54, 1.807) is 6.07 Å². The molecule has 110 valence electrons. The van der Waals surface area contributed by atoms with E-state index in [-0.39, 0.29) is 6.10 Å². The predicted octanol–water partition coefficient (Wildman–Crippen LogP) is 4.94. The first kappa shape index (κ1) is 14.7. The van der Waals surface area contributed by atoms with Crippen molar-refractivity contribution in [3.05, 3.63) is 63.1 Å². The van der Waals surface area contributed by atoms with Gasteiger partial charge in [-0.15, -0.1) is 0 Å². The summed E-state index contributed by atoms with van der Waals surface area (Å²) in [5.41, 5.74) is 3.06. The Morgan fingerprint density at radius 1 is 1.19 bits per heavy atom. The molecule has 1 unspecified atom stereocenters. The molecular formula is C17H16Cl2O2. The number of halogens is 2. The molecule has 2 aromatic carbocycles. The van der Waals surface area contributed by atoms with Gasteiger partial charge in [0.25, 0.3) is 0 Å². The Morgan fingerprint density at radius 3 is 2.90 bits per heavy atom. The van der Waals surface area contributed by atoms with Gasteiger partial charge in [-0.05, 0) is 48.6 Å². The van der Waals surface area contributed by atoms with Gasteiger partial charge in [-0.25, -0.2) is 0 Å². The average Bonchev–Trinajstić information content (AvgIpc) is 2.49. The molecule has 0 bridgehead atoms. The molecule has 1 atom stereocenters. The number of aliphatic hydroxyl groups is 1. The number of ether oxygens (including phenoxy) is 1. The van der Waals surface area contributed by atoms with Crippen molar-refractivity contribution < 1.29 is 9.84 Å². The largest absolute Gasteiger partial charge is 0.489 e. The Labute approximate surface area is 134 Å². The van der Waals surface area contributed by atoms with Crippen LogP contribution >= 0.6 is 23.2 Å². The number of rotatable bonds is 3. The molecule has 1 aliphatic carbocycles. The topological polar surface area (TPSA) is 29.5 Å². The summed E-state index contributed by atoms with van der Waals surface area (Å²) in [5, 5.41) is 11.0. The first-order valence-corrected chi connectivity index (χ1v) is 7.77. The third kappa shape index (κ3) is 3.18. The number of hydrogen-bond donors (Lipinski definition) is 1. The monoisotopic (exact) mass is 322 g/mol. The van der Waals surface area contributed by atoms with E-state index in [9.17, 15) is 5.11 Å². The molecule has 4 heteroatoms. The highest BCUT2D eigenvalue weighted by atomic mass is 35.5. The maximum atomic E-state index is 9.95. The van der Waals surface area contributed by atoms with Gasteiger partial charge < -0.3 is 9.84 Å². The van der Waals surface area contributed by atoms with Crippen molar-refractivity contribution in [2.75, 3.05) is 0 Å². The second-order valence-corrected chi connectivity index (χ2v) is 6.06. The molecule has 1 N–H and O–H groups in total. The van der Waals surface area contributed by atoms with Gasteiger partial charge in [-0.2, -0.15) is 0 Å². The lowest BCUT2D eigenvalue weighted by Gasteiger charge is -2.22. The van der Waals surface area contributed by atoms with Crippen molar-refractivity contribution in [3.63, 3.8) is 0 Å². The van der Waals surface area contributed by atoms with Crippen LogP contribution in [0.3, 0.4) is 0 Å². The summed E-state index contributed by atoms with van der Waals surface area (Å²) in [6.45, 7) is 0.376. The minimum Gasteiger partial charge on any atom is -0.489 e. The summed E-state index contributed by atoms with van der Waals surface area (Å²) in [5.74, 6) is 0.791. The van der Waals surface area contributed by atoms with Gasteiger partial charge >= 0.3 is 0 Å². The molecule has 0 saturated heterocycles. The smallest absolute Gasteiger partial charge is 0.120 e. The number of fused-ring (bicyclic) bond motifs is 1. The summed E-state index contributed by atoms with van der Waals surface area (Å²) < 4.78 is 5.80. The van der Waals surface area contributed by atoms with Crippen molar-refractivity contribution in [1.82, 2.24) is 0 Å². The summed E-state index contributed by atoms with van der Waals surface area (Å²) in [6, 6.07) is 11.4. The average molecular weight is 323 g/mol. The van der Waals surface area contributed by atoms with Gasteiger partial charge in [0, 0.05) is 5.56 Å². The van der Waals surface area contributed by atoms with Crippen LogP contribution in [0.4, 0.5) is 0 Å². The van der Waals surface area contributed by atoms with E-state index in [2.05, 4.69) is 0 Å². The number of hydrogen-bond acceptors (Lipinski definition) is 2. The van der Waals surface area contributed by atoms with E-state index >= 15 is 0 Å². The van der Waals surface area contributed by atoms with Crippen molar-refractivity contribution in [3.8, 4) is 5.75 Å². The molecule has 1 aliphatic rings. The Balaban J connectivity index is 1.75. The molecule has 0 heterocycles. The van der Waals surface area contributed by atoms with Crippen molar-refractivity contribution in [1.29, 1.82) is 0 Å². The van der Waals surface area contributed by atoms with E-state index in [0.717, 1.165) is 36.1 Å². The van der Waals surface area contributed by atoms with Gasteiger partial charge in [-0.1, -0.05) is 41.4 Å². The highest BCUT2D eigenvalue weighted by molar-refractivity contribution is 6.42. The fourth-order valence-corrected chi connectivity index (χ4v) is 3.05. The molecule has 0 amide bonds. The minimum absolute atomic E-state index is 0.342. The summed E-state index contributed by atoms with van der Waals surface area (Å²) in [7, 11) is 0. The van der Waals surface area contributed by atoms with Crippen LogP contribution in [0, 0.1) is 0 Å². The second-order valence-electron chi connectivity index (χ2n) is 5.27. The molecular weight excluding hydrogens is 307 g/mol. The molecule has 0 aliphatic heterocycles. The first-order chi connectivity index (χ1) is 10.1. The highest BCUT2D eigenvalue weighted by Gasteiger charge is 2.18. The number of aryl methyl sites for hydroxylation is 1. The fourth-order valence-electron chi connectivity index (χ4n) is 2.68.